The number of benzene rings is 5. The number of carbonyl (C=O) groups is 1. The highest BCUT2D eigenvalue weighted by atomic mass is 127. The molecule has 1 amide bonds. The van der Waals surface area contributed by atoms with Crippen molar-refractivity contribution in [3.63, 3.8) is 0 Å². The number of hydrogen-bond acceptors (Lipinski definition) is 5. The normalized spacial score (nSPS) is 11.1. The van der Waals surface area contributed by atoms with Gasteiger partial charge in [0, 0.05) is 5.69 Å². The molecule has 0 radical (unpaired) electrons. The van der Waals surface area contributed by atoms with Gasteiger partial charge in [-0.25, -0.2) is 0 Å². The van der Waals surface area contributed by atoms with Crippen LogP contribution in [0.4, 0.5) is 5.69 Å². The number of nitrogens with one attached hydrogen (secondary N) is 1. The molecule has 0 saturated heterocycles. The highest BCUT2D eigenvalue weighted by molar-refractivity contribution is 14.1. The van der Waals surface area contributed by atoms with Gasteiger partial charge in [0.05, 0.1) is 10.2 Å². The van der Waals surface area contributed by atoms with Crippen molar-refractivity contribution < 1.29 is 19.0 Å². The summed E-state index contributed by atoms with van der Waals surface area (Å²) in [6.07, 6.45) is 1.55. The van der Waals surface area contributed by atoms with Crippen LogP contribution >= 0.6 is 22.6 Å². The second kappa shape index (κ2) is 14.6. The molecule has 0 heterocycles. The van der Waals surface area contributed by atoms with Crippen LogP contribution in [0.1, 0.15) is 29.2 Å². The molecule has 0 fully saturated rings. The fraction of sp³-hybridized carbons (Fsp3) is 0.135. The fourth-order valence-electron chi connectivity index (χ4n) is 4.64. The Balaban J connectivity index is 1.27. The maximum Gasteiger partial charge on any atom is 0.266 e. The van der Waals surface area contributed by atoms with Crippen molar-refractivity contribution in [1.29, 1.82) is 5.26 Å². The molecule has 0 saturated carbocycles. The molecule has 0 spiro atoms. The van der Waals surface area contributed by atoms with E-state index >= 15 is 0 Å². The second-order valence-electron chi connectivity index (χ2n) is 10.1. The summed E-state index contributed by atoms with van der Waals surface area (Å²) in [5.74, 6) is 1.33. The first-order chi connectivity index (χ1) is 21.4. The van der Waals surface area contributed by atoms with Crippen molar-refractivity contribution in [2.24, 2.45) is 0 Å². The largest absolute Gasteiger partial charge is 0.490 e. The topological polar surface area (TPSA) is 80.6 Å². The minimum atomic E-state index is -0.509. The van der Waals surface area contributed by atoms with Crippen molar-refractivity contribution in [3.8, 4) is 23.3 Å². The number of ether oxygens (including phenoxy) is 3. The fourth-order valence-corrected chi connectivity index (χ4v) is 5.42. The van der Waals surface area contributed by atoms with E-state index in [4.69, 9.17) is 14.2 Å². The van der Waals surface area contributed by atoms with E-state index in [1.54, 1.807) is 36.4 Å². The van der Waals surface area contributed by atoms with E-state index in [-0.39, 0.29) is 5.57 Å². The summed E-state index contributed by atoms with van der Waals surface area (Å²) >= 11 is 2.19. The van der Waals surface area contributed by atoms with Crippen LogP contribution in [0.25, 0.3) is 16.8 Å². The lowest BCUT2D eigenvalue weighted by atomic mass is 10.1. The van der Waals surface area contributed by atoms with E-state index in [9.17, 15) is 10.1 Å². The Hall–Kier alpha value is -4.81. The van der Waals surface area contributed by atoms with E-state index in [2.05, 4.69) is 52.2 Å². The maximum atomic E-state index is 13.0. The van der Waals surface area contributed by atoms with Crippen LogP contribution in [0.2, 0.25) is 0 Å². The van der Waals surface area contributed by atoms with Gasteiger partial charge in [0.2, 0.25) is 0 Å². The van der Waals surface area contributed by atoms with Gasteiger partial charge in [-0.3, -0.25) is 4.79 Å². The Bertz CT molecular complexity index is 1840. The van der Waals surface area contributed by atoms with Crippen LogP contribution in [-0.2, 0) is 18.0 Å². The number of rotatable bonds is 11. The number of aryl methyl sites for hydroxylation is 1. The maximum absolute atomic E-state index is 13.0. The van der Waals surface area contributed by atoms with Gasteiger partial charge in [-0.1, -0.05) is 72.3 Å². The predicted octanol–water partition coefficient (Wildman–Crippen LogP) is 8.86. The molecule has 0 atom stereocenters. The van der Waals surface area contributed by atoms with Crippen LogP contribution in [0.5, 0.6) is 17.2 Å². The number of hydrogen-bond donors (Lipinski definition) is 1. The molecule has 5 rings (SSSR count). The molecule has 5 aromatic rings. The van der Waals surface area contributed by atoms with Crippen molar-refractivity contribution in [3.05, 3.63) is 135 Å². The average molecular weight is 695 g/mol. The zero-order valence-electron chi connectivity index (χ0n) is 24.5. The van der Waals surface area contributed by atoms with Crippen molar-refractivity contribution in [1.82, 2.24) is 0 Å². The first kappa shape index (κ1) is 30.6. The quantitative estimate of drug-likeness (QED) is 0.0849. The number of nitriles is 1. The highest BCUT2D eigenvalue weighted by Gasteiger charge is 2.15. The van der Waals surface area contributed by atoms with E-state index in [1.807, 2.05) is 68.4 Å². The minimum Gasteiger partial charge on any atom is -0.490 e. The Morgan fingerprint density at radius 1 is 0.886 bits per heavy atom. The summed E-state index contributed by atoms with van der Waals surface area (Å²) in [5, 5.41) is 14.9. The van der Waals surface area contributed by atoms with Gasteiger partial charge in [0.15, 0.2) is 11.5 Å². The van der Waals surface area contributed by atoms with Gasteiger partial charge >= 0.3 is 0 Å². The first-order valence-corrected chi connectivity index (χ1v) is 15.3. The Kier molecular flexibility index (Phi) is 10.2. The van der Waals surface area contributed by atoms with Crippen molar-refractivity contribution in [2.45, 2.75) is 27.1 Å². The van der Waals surface area contributed by atoms with E-state index in [0.29, 0.717) is 48.3 Å². The summed E-state index contributed by atoms with van der Waals surface area (Å²) < 4.78 is 18.9. The molecule has 0 aliphatic carbocycles. The molecule has 44 heavy (non-hydrogen) atoms. The Morgan fingerprint density at radius 2 is 1.64 bits per heavy atom. The molecule has 1 N–H and O–H groups in total. The summed E-state index contributed by atoms with van der Waals surface area (Å²) in [7, 11) is 0. The molecule has 0 aromatic heterocycles. The predicted molar refractivity (Wildman–Crippen MR) is 183 cm³/mol. The molecule has 0 bridgehead atoms. The van der Waals surface area contributed by atoms with Crippen LogP contribution in [0.15, 0.2) is 109 Å². The molecule has 5 aromatic carbocycles. The third-order valence-corrected chi connectivity index (χ3v) is 7.70. The summed E-state index contributed by atoms with van der Waals surface area (Å²) in [5.41, 5.74) is 4.51. The number of amides is 1. The molecule has 0 aliphatic rings. The zero-order chi connectivity index (χ0) is 30.9. The SMILES string of the molecule is CCOc1cc(/C=C(\C#N)C(=O)Nc2ccc(OCc3ccc(C)cc3)cc2)cc(I)c1OCc1cccc2ccccc12. The second-order valence-corrected chi connectivity index (χ2v) is 11.3. The molecule has 0 unspecified atom stereocenters. The molecule has 7 heteroatoms. The first-order valence-electron chi connectivity index (χ1n) is 14.2. The molecule has 6 nitrogen and oxygen atoms in total. The smallest absolute Gasteiger partial charge is 0.266 e. The van der Waals surface area contributed by atoms with Gasteiger partial charge in [0.25, 0.3) is 5.91 Å². The number of halogens is 1. The number of carbonyl (C=O) groups excluding carboxylic acids is 1. The van der Waals surface area contributed by atoms with E-state index in [1.165, 1.54) is 5.56 Å². The van der Waals surface area contributed by atoms with Gasteiger partial charge in [-0.2, -0.15) is 5.26 Å². The zero-order valence-corrected chi connectivity index (χ0v) is 26.6. The molecule has 220 valence electrons. The van der Waals surface area contributed by atoms with Gasteiger partial charge in [-0.05, 0) is 106 Å². The Morgan fingerprint density at radius 3 is 2.39 bits per heavy atom. The number of anilines is 1. The average Bonchev–Trinajstić information content (AvgIpc) is 3.04. The standard InChI is InChI=1S/C37H31IN2O4/c1-3-42-35-21-27(20-34(38)36(35)44-24-29-9-6-8-28-7-4-5-10-33(28)29)19-30(22-39)37(41)40-31-15-17-32(18-16-31)43-23-26-13-11-25(2)12-14-26/h4-21H,3,23-24H2,1-2H3,(H,40,41)/b30-19+. The van der Waals surface area contributed by atoms with Crippen LogP contribution < -0.4 is 19.5 Å². The summed E-state index contributed by atoms with van der Waals surface area (Å²) in [6, 6.07) is 35.2. The van der Waals surface area contributed by atoms with E-state index in [0.717, 1.165) is 25.5 Å². The van der Waals surface area contributed by atoms with Crippen LogP contribution in [-0.4, -0.2) is 12.5 Å². The Labute approximate surface area is 271 Å². The van der Waals surface area contributed by atoms with Gasteiger partial charge in [0.1, 0.15) is 30.6 Å². The van der Waals surface area contributed by atoms with Crippen LogP contribution in [0, 0.1) is 21.8 Å². The van der Waals surface area contributed by atoms with Crippen LogP contribution in [0.3, 0.4) is 0 Å². The molecule has 0 aliphatic heterocycles. The van der Waals surface area contributed by atoms with E-state index < -0.39 is 5.91 Å². The summed E-state index contributed by atoms with van der Waals surface area (Å²) in [6.45, 7) is 5.20. The molecular formula is C37H31IN2O4. The van der Waals surface area contributed by atoms with Gasteiger partial charge < -0.3 is 19.5 Å². The van der Waals surface area contributed by atoms with Crippen molar-refractivity contribution in [2.75, 3.05) is 11.9 Å². The minimum absolute atomic E-state index is 0.0348. The number of fused-ring (bicyclic) bond motifs is 1. The van der Waals surface area contributed by atoms with Gasteiger partial charge in [-0.15, -0.1) is 0 Å². The highest BCUT2D eigenvalue weighted by Crippen LogP contribution is 2.36. The third kappa shape index (κ3) is 7.77. The lowest BCUT2D eigenvalue weighted by Gasteiger charge is -2.16. The third-order valence-electron chi connectivity index (χ3n) is 6.90. The lowest BCUT2D eigenvalue weighted by Crippen LogP contribution is -2.13. The lowest BCUT2D eigenvalue weighted by molar-refractivity contribution is -0.112. The van der Waals surface area contributed by atoms with Crippen molar-refractivity contribution >= 4 is 51.0 Å². The number of nitrogens with zero attached hydrogens (tertiary/aromatic N) is 1. The monoisotopic (exact) mass is 694 g/mol. The molecular weight excluding hydrogens is 663 g/mol. The summed E-state index contributed by atoms with van der Waals surface area (Å²) in [4.78, 5) is 13.0.